The van der Waals surface area contributed by atoms with E-state index in [4.69, 9.17) is 10.3 Å². The van der Waals surface area contributed by atoms with Crippen molar-refractivity contribution in [1.29, 1.82) is 0 Å². The van der Waals surface area contributed by atoms with Crippen molar-refractivity contribution in [2.75, 3.05) is 19.7 Å². The normalized spacial score (nSPS) is 18.8. The topological polar surface area (TPSA) is 87.1 Å². The van der Waals surface area contributed by atoms with E-state index in [-0.39, 0.29) is 0 Å². The van der Waals surface area contributed by atoms with E-state index in [1.54, 1.807) is 6.92 Å². The van der Waals surface area contributed by atoms with Crippen molar-refractivity contribution in [2.45, 2.75) is 12.5 Å². The molecule has 1 aliphatic heterocycles. The van der Waals surface area contributed by atoms with E-state index in [2.05, 4.69) is 15.3 Å². The molecule has 0 aromatic heterocycles. The molecular formula is C6H10N4O2. The van der Waals surface area contributed by atoms with Crippen LogP contribution in [0.15, 0.2) is 5.11 Å². The number of ether oxygens (including phenoxy) is 1. The monoisotopic (exact) mass is 170 g/mol. The second-order valence-electron chi connectivity index (χ2n) is 2.55. The highest BCUT2D eigenvalue weighted by Gasteiger charge is 2.45. The highest BCUT2D eigenvalue weighted by atomic mass is 16.5. The maximum atomic E-state index is 11.2. The molecule has 6 nitrogen and oxygen atoms in total. The predicted molar refractivity (Wildman–Crippen MR) is 41.4 cm³/mol. The molecule has 1 saturated heterocycles. The number of carbonyl (C=O) groups is 1. The molecule has 1 aliphatic rings. The van der Waals surface area contributed by atoms with Crippen molar-refractivity contribution in [1.82, 2.24) is 5.32 Å². The Kier molecular flexibility index (Phi) is 2.52. The number of rotatable bonds is 3. The predicted octanol–water partition coefficient (Wildman–Crippen LogP) is 0.202. The third-order valence-corrected chi connectivity index (χ3v) is 1.73. The standard InChI is InChI=1S/C6H10N4O2/c1-2-12-5(11)6(9-10-7)3-8-4-6/h8H,2-4H2,1H3. The minimum Gasteiger partial charge on any atom is -0.465 e. The summed E-state index contributed by atoms with van der Waals surface area (Å²) in [6.45, 7) is 2.76. The minimum absolute atomic E-state index is 0.307. The molecule has 0 aliphatic carbocycles. The van der Waals surface area contributed by atoms with Crippen LogP contribution in [0.5, 0.6) is 0 Å². The Labute approximate surface area is 69.5 Å². The number of carbonyl (C=O) groups excluding carboxylic acids is 1. The lowest BCUT2D eigenvalue weighted by Gasteiger charge is -2.35. The molecule has 1 heterocycles. The first kappa shape index (κ1) is 8.83. The van der Waals surface area contributed by atoms with Gasteiger partial charge < -0.3 is 10.1 Å². The van der Waals surface area contributed by atoms with Crippen molar-refractivity contribution in [3.8, 4) is 0 Å². The Morgan fingerprint density at radius 1 is 1.83 bits per heavy atom. The van der Waals surface area contributed by atoms with Crippen LogP contribution in [0.25, 0.3) is 10.4 Å². The molecule has 1 rings (SSSR count). The highest BCUT2D eigenvalue weighted by Crippen LogP contribution is 2.18. The van der Waals surface area contributed by atoms with E-state index in [1.165, 1.54) is 0 Å². The lowest BCUT2D eigenvalue weighted by atomic mass is 9.94. The summed E-state index contributed by atoms with van der Waals surface area (Å²) in [4.78, 5) is 13.8. The fraction of sp³-hybridized carbons (Fsp3) is 0.833. The molecular weight excluding hydrogens is 160 g/mol. The van der Waals surface area contributed by atoms with Gasteiger partial charge in [0.1, 0.15) is 0 Å². The Morgan fingerprint density at radius 3 is 2.83 bits per heavy atom. The highest BCUT2D eigenvalue weighted by molar-refractivity contribution is 5.83. The number of hydrogen-bond donors (Lipinski definition) is 1. The fourth-order valence-corrected chi connectivity index (χ4v) is 0.969. The van der Waals surface area contributed by atoms with Crippen molar-refractivity contribution in [3.63, 3.8) is 0 Å². The van der Waals surface area contributed by atoms with E-state index in [0.29, 0.717) is 19.7 Å². The second kappa shape index (κ2) is 3.42. The summed E-state index contributed by atoms with van der Waals surface area (Å²) in [5.41, 5.74) is 7.23. The van der Waals surface area contributed by atoms with Crippen LogP contribution in [-0.2, 0) is 9.53 Å². The SMILES string of the molecule is CCOC(=O)C1(N=[N+]=[N-])CNC1. The zero-order valence-electron chi connectivity index (χ0n) is 6.78. The van der Waals surface area contributed by atoms with Crippen molar-refractivity contribution < 1.29 is 9.53 Å². The Hall–Kier alpha value is -1.26. The molecule has 0 radical (unpaired) electrons. The number of hydrogen-bond acceptors (Lipinski definition) is 4. The van der Waals surface area contributed by atoms with Crippen LogP contribution in [0.3, 0.4) is 0 Å². The van der Waals surface area contributed by atoms with E-state index in [9.17, 15) is 4.79 Å². The van der Waals surface area contributed by atoms with Gasteiger partial charge >= 0.3 is 5.97 Å². The molecule has 0 aromatic carbocycles. The third kappa shape index (κ3) is 1.34. The summed E-state index contributed by atoms with van der Waals surface area (Å²) in [7, 11) is 0. The molecule has 0 spiro atoms. The summed E-state index contributed by atoms with van der Waals surface area (Å²) < 4.78 is 4.76. The number of esters is 1. The van der Waals surface area contributed by atoms with Gasteiger partial charge in [-0.15, -0.1) is 0 Å². The smallest absolute Gasteiger partial charge is 0.320 e. The van der Waals surface area contributed by atoms with E-state index in [1.807, 2.05) is 0 Å². The Bertz CT molecular complexity index is 230. The van der Waals surface area contributed by atoms with E-state index < -0.39 is 11.5 Å². The second-order valence-corrected chi connectivity index (χ2v) is 2.55. The van der Waals surface area contributed by atoms with Gasteiger partial charge in [0.05, 0.1) is 6.61 Å². The van der Waals surface area contributed by atoms with Gasteiger partial charge in [-0.1, -0.05) is 5.11 Å². The van der Waals surface area contributed by atoms with Crippen LogP contribution >= 0.6 is 0 Å². The van der Waals surface area contributed by atoms with Crippen LogP contribution in [0, 0.1) is 0 Å². The molecule has 1 fully saturated rings. The molecule has 66 valence electrons. The summed E-state index contributed by atoms with van der Waals surface area (Å²) in [6, 6.07) is 0. The number of nitrogens with one attached hydrogen (secondary N) is 1. The fourth-order valence-electron chi connectivity index (χ4n) is 0.969. The van der Waals surface area contributed by atoms with Crippen molar-refractivity contribution >= 4 is 5.97 Å². The molecule has 0 saturated carbocycles. The van der Waals surface area contributed by atoms with E-state index in [0.717, 1.165) is 0 Å². The van der Waals surface area contributed by atoms with Crippen LogP contribution < -0.4 is 5.32 Å². The zero-order chi connectivity index (χ0) is 9.03. The summed E-state index contributed by atoms with van der Waals surface area (Å²) in [6.07, 6.45) is 0. The lowest BCUT2D eigenvalue weighted by Crippen LogP contribution is -2.63. The van der Waals surface area contributed by atoms with Crippen molar-refractivity contribution in [3.05, 3.63) is 10.4 Å². The molecule has 0 atom stereocenters. The van der Waals surface area contributed by atoms with Crippen LogP contribution in [0.1, 0.15) is 6.92 Å². The van der Waals surface area contributed by atoms with E-state index >= 15 is 0 Å². The minimum atomic E-state index is -0.981. The maximum Gasteiger partial charge on any atom is 0.320 e. The molecule has 0 unspecified atom stereocenters. The first-order valence-electron chi connectivity index (χ1n) is 3.69. The molecule has 0 bridgehead atoms. The van der Waals surface area contributed by atoms with Crippen molar-refractivity contribution in [2.24, 2.45) is 5.11 Å². The van der Waals surface area contributed by atoms with Gasteiger partial charge in [-0.2, -0.15) is 0 Å². The largest absolute Gasteiger partial charge is 0.465 e. The van der Waals surface area contributed by atoms with Crippen LogP contribution in [0.4, 0.5) is 0 Å². The molecule has 1 N–H and O–H groups in total. The number of nitrogens with zero attached hydrogens (tertiary/aromatic N) is 3. The molecule has 6 heteroatoms. The van der Waals surface area contributed by atoms with Gasteiger partial charge in [-0.05, 0) is 12.5 Å². The third-order valence-electron chi connectivity index (χ3n) is 1.73. The molecule has 0 aromatic rings. The molecule has 0 amide bonds. The van der Waals surface area contributed by atoms with Gasteiger partial charge in [-0.25, -0.2) is 0 Å². The maximum absolute atomic E-state index is 11.2. The summed E-state index contributed by atoms with van der Waals surface area (Å²) >= 11 is 0. The van der Waals surface area contributed by atoms with Gasteiger partial charge in [0.2, 0.25) is 0 Å². The quantitative estimate of drug-likeness (QED) is 0.284. The van der Waals surface area contributed by atoms with Gasteiger partial charge in [0.25, 0.3) is 0 Å². The zero-order valence-corrected chi connectivity index (χ0v) is 6.78. The lowest BCUT2D eigenvalue weighted by molar-refractivity contribution is -0.151. The first-order valence-corrected chi connectivity index (χ1v) is 3.69. The van der Waals surface area contributed by atoms with Gasteiger partial charge in [0.15, 0.2) is 5.54 Å². The summed E-state index contributed by atoms with van der Waals surface area (Å²) in [5.74, 6) is -0.443. The average Bonchev–Trinajstić information content (AvgIpc) is 1.97. The summed E-state index contributed by atoms with van der Waals surface area (Å²) in [5, 5.41) is 6.28. The Morgan fingerprint density at radius 2 is 2.50 bits per heavy atom. The van der Waals surface area contributed by atoms with Gasteiger partial charge in [0, 0.05) is 18.0 Å². The average molecular weight is 170 g/mol. The Balaban J connectivity index is 2.66. The number of azide groups is 1. The van der Waals surface area contributed by atoms with Crippen LogP contribution in [-0.4, -0.2) is 31.2 Å². The molecule has 12 heavy (non-hydrogen) atoms. The van der Waals surface area contributed by atoms with Gasteiger partial charge in [-0.3, -0.25) is 4.79 Å². The first-order chi connectivity index (χ1) is 5.75. The van der Waals surface area contributed by atoms with Crippen LogP contribution in [0.2, 0.25) is 0 Å².